The van der Waals surface area contributed by atoms with Gasteiger partial charge in [-0.1, -0.05) is 53.8 Å². The minimum Gasteiger partial charge on any atom is -0.288 e. The van der Waals surface area contributed by atoms with Crippen molar-refractivity contribution in [2.75, 3.05) is 0 Å². The molecule has 0 unspecified atom stereocenters. The van der Waals surface area contributed by atoms with E-state index in [1.807, 2.05) is 54.6 Å². The number of nitrogens with zero attached hydrogens (tertiary/aromatic N) is 3. The summed E-state index contributed by atoms with van der Waals surface area (Å²) in [6.07, 6.45) is 1.79. The average molecular weight is 417 g/mol. The van der Waals surface area contributed by atoms with E-state index in [1.165, 1.54) is 16.0 Å². The molecule has 150 valence electrons. The van der Waals surface area contributed by atoms with E-state index in [2.05, 4.69) is 20.6 Å². The largest absolute Gasteiger partial charge is 0.288 e. The number of benzene rings is 2. The van der Waals surface area contributed by atoms with E-state index in [1.54, 1.807) is 6.92 Å². The van der Waals surface area contributed by atoms with Crippen LogP contribution in [0.3, 0.4) is 0 Å². The van der Waals surface area contributed by atoms with Crippen LogP contribution < -0.4 is 11.0 Å². The molecule has 0 aliphatic heterocycles. The second kappa shape index (κ2) is 7.38. The predicted octanol–water partition coefficient (Wildman–Crippen LogP) is 3.69. The zero-order chi connectivity index (χ0) is 20.7. The Bertz CT molecular complexity index is 1300. The van der Waals surface area contributed by atoms with Crippen LogP contribution in [0.5, 0.6) is 0 Å². The zero-order valence-corrected chi connectivity index (χ0v) is 17.1. The van der Waals surface area contributed by atoms with E-state index in [4.69, 9.17) is 0 Å². The van der Waals surface area contributed by atoms with Crippen molar-refractivity contribution in [1.82, 2.24) is 20.2 Å². The normalized spacial score (nSPS) is 14.2. The number of aromatic nitrogens is 3. The lowest BCUT2D eigenvalue weighted by Gasteiger charge is -2.03. The molecule has 0 atom stereocenters. The Balaban J connectivity index is 1.63. The molecule has 2 N–H and O–H groups in total. The number of carbonyl (C=O) groups is 1. The van der Waals surface area contributed by atoms with Crippen molar-refractivity contribution >= 4 is 33.2 Å². The molecule has 1 aliphatic carbocycles. The molecule has 4 aromatic rings. The number of H-pyrrole nitrogens is 1. The Hall–Kier alpha value is -3.52. The predicted molar refractivity (Wildman–Crippen MR) is 118 cm³/mol. The number of hydrogen-bond acceptors (Lipinski definition) is 5. The molecule has 5 rings (SSSR count). The van der Waals surface area contributed by atoms with E-state index in [0.717, 1.165) is 28.6 Å². The van der Waals surface area contributed by atoms with Crippen molar-refractivity contribution in [1.29, 1.82) is 0 Å². The fourth-order valence-electron chi connectivity index (χ4n) is 3.31. The molecule has 0 spiro atoms. The molecule has 2 heterocycles. The molecule has 0 bridgehead atoms. The van der Waals surface area contributed by atoms with E-state index in [9.17, 15) is 9.59 Å². The fraction of sp³-hybridized carbons (Fsp3) is 0.182. The van der Waals surface area contributed by atoms with Gasteiger partial charge >= 0.3 is 0 Å². The Kier molecular flexibility index (Phi) is 4.55. The molecular formula is C22H19N5O2S. The van der Waals surface area contributed by atoms with Crippen molar-refractivity contribution in [3.8, 4) is 16.4 Å². The van der Waals surface area contributed by atoms with Gasteiger partial charge in [0.1, 0.15) is 0 Å². The van der Waals surface area contributed by atoms with Gasteiger partial charge in [0.25, 0.3) is 5.56 Å². The molecule has 1 fully saturated rings. The summed E-state index contributed by atoms with van der Waals surface area (Å²) in [7, 11) is 0. The van der Waals surface area contributed by atoms with Crippen molar-refractivity contribution in [2.24, 2.45) is 11.0 Å². The lowest BCUT2D eigenvalue weighted by molar-refractivity contribution is -0.122. The Morgan fingerprint density at radius 3 is 2.63 bits per heavy atom. The maximum atomic E-state index is 13.4. The molecule has 30 heavy (non-hydrogen) atoms. The summed E-state index contributed by atoms with van der Waals surface area (Å²) < 4.78 is 2.45. The summed E-state index contributed by atoms with van der Waals surface area (Å²) in [5.41, 5.74) is 5.53. The quantitative estimate of drug-likeness (QED) is 0.383. The summed E-state index contributed by atoms with van der Waals surface area (Å²) in [6, 6.07) is 17.3. The number of fused-ring (bicyclic) bond motifs is 1. The molecule has 0 saturated heterocycles. The number of nitrogens with one attached hydrogen (secondary N) is 2. The topological polar surface area (TPSA) is 92.1 Å². The van der Waals surface area contributed by atoms with Crippen molar-refractivity contribution in [2.45, 2.75) is 19.8 Å². The number of para-hydroxylation sites is 1. The van der Waals surface area contributed by atoms with Crippen LogP contribution in [0.4, 0.5) is 0 Å². The van der Waals surface area contributed by atoms with E-state index >= 15 is 0 Å². The smallest absolute Gasteiger partial charge is 0.283 e. The highest BCUT2D eigenvalue weighted by Gasteiger charge is 2.29. The van der Waals surface area contributed by atoms with Gasteiger partial charge in [0.2, 0.25) is 11.0 Å². The van der Waals surface area contributed by atoms with Gasteiger partial charge < -0.3 is 0 Å². The number of carbonyl (C=O) groups excluding carboxylic acids is 1. The number of hydrogen-bond donors (Lipinski definition) is 2. The van der Waals surface area contributed by atoms with Crippen LogP contribution in [0.15, 0.2) is 64.5 Å². The van der Waals surface area contributed by atoms with Gasteiger partial charge in [-0.3, -0.25) is 14.7 Å². The summed E-state index contributed by atoms with van der Waals surface area (Å²) in [6.45, 7) is 1.73. The van der Waals surface area contributed by atoms with Gasteiger partial charge in [0, 0.05) is 11.5 Å². The van der Waals surface area contributed by atoms with Crippen molar-refractivity contribution in [3.63, 3.8) is 0 Å². The van der Waals surface area contributed by atoms with E-state index in [0.29, 0.717) is 22.1 Å². The molecule has 1 saturated carbocycles. The molecule has 0 radical (unpaired) electrons. The van der Waals surface area contributed by atoms with Gasteiger partial charge in [0.15, 0.2) is 0 Å². The van der Waals surface area contributed by atoms with Crippen LogP contribution in [0.1, 0.15) is 25.3 Å². The molecule has 2 aromatic heterocycles. The summed E-state index contributed by atoms with van der Waals surface area (Å²) >= 11 is 1.43. The Labute approximate surface area is 176 Å². The third-order valence-electron chi connectivity index (χ3n) is 5.07. The number of thiazole rings is 1. The van der Waals surface area contributed by atoms with Crippen LogP contribution in [0, 0.1) is 5.92 Å². The Morgan fingerprint density at radius 1 is 1.17 bits per heavy atom. The summed E-state index contributed by atoms with van der Waals surface area (Å²) in [4.78, 5) is 30.0. The first-order valence-corrected chi connectivity index (χ1v) is 10.5. The zero-order valence-electron chi connectivity index (χ0n) is 16.3. The molecular weight excluding hydrogens is 398 g/mol. The first-order valence-electron chi connectivity index (χ1n) is 9.72. The molecule has 1 amide bonds. The number of aromatic amines is 1. The van der Waals surface area contributed by atoms with Gasteiger partial charge in [-0.05, 0) is 31.9 Å². The third kappa shape index (κ3) is 3.35. The van der Waals surface area contributed by atoms with Crippen LogP contribution in [0.25, 0.3) is 26.6 Å². The van der Waals surface area contributed by atoms with Crippen molar-refractivity contribution < 1.29 is 4.79 Å². The highest BCUT2D eigenvalue weighted by Crippen LogP contribution is 2.29. The SMILES string of the molecule is CC(=NNC(=O)C1CC1)c1c(-c2ccccc2)[nH]n(-c2nc3ccccc3s2)c1=O. The van der Waals surface area contributed by atoms with E-state index in [-0.39, 0.29) is 17.4 Å². The average Bonchev–Trinajstić information content (AvgIpc) is 3.44. The molecule has 1 aliphatic rings. The molecule has 2 aromatic carbocycles. The second-order valence-electron chi connectivity index (χ2n) is 7.28. The maximum Gasteiger partial charge on any atom is 0.283 e. The highest BCUT2D eigenvalue weighted by molar-refractivity contribution is 7.20. The van der Waals surface area contributed by atoms with Crippen LogP contribution in [0.2, 0.25) is 0 Å². The fourth-order valence-corrected chi connectivity index (χ4v) is 4.23. The molecule has 7 nitrogen and oxygen atoms in total. The highest BCUT2D eigenvalue weighted by atomic mass is 32.1. The monoisotopic (exact) mass is 417 g/mol. The number of hydrazone groups is 1. The minimum absolute atomic E-state index is 0.0424. The summed E-state index contributed by atoms with van der Waals surface area (Å²) in [5.74, 6) is -0.0570. The first-order chi connectivity index (χ1) is 14.6. The first kappa shape index (κ1) is 18.5. The van der Waals surface area contributed by atoms with Gasteiger partial charge in [0.05, 0.1) is 27.2 Å². The lowest BCUT2D eigenvalue weighted by atomic mass is 10.1. The van der Waals surface area contributed by atoms with E-state index < -0.39 is 0 Å². The maximum absolute atomic E-state index is 13.4. The third-order valence-corrected chi connectivity index (χ3v) is 6.09. The van der Waals surface area contributed by atoms with Crippen molar-refractivity contribution in [3.05, 3.63) is 70.5 Å². The Morgan fingerprint density at radius 2 is 1.90 bits per heavy atom. The molecule has 8 heteroatoms. The van der Waals surface area contributed by atoms with Gasteiger partial charge in [-0.2, -0.15) is 9.78 Å². The number of amides is 1. The number of rotatable bonds is 5. The van der Waals surface area contributed by atoms with Gasteiger partial charge in [-0.25, -0.2) is 10.4 Å². The van der Waals surface area contributed by atoms with Crippen LogP contribution in [-0.2, 0) is 4.79 Å². The summed E-state index contributed by atoms with van der Waals surface area (Å²) in [5, 5.41) is 7.98. The lowest BCUT2D eigenvalue weighted by Crippen LogP contribution is -2.24. The standard InChI is InChI=1S/C22H19N5O2S/c1-13(24-25-20(28)15-11-12-15)18-19(14-7-3-2-4-8-14)26-27(21(18)29)22-23-16-9-5-6-10-17(16)30-22/h2-10,15,26H,11-12H2,1H3,(H,25,28). The van der Waals surface area contributed by atoms with Crippen LogP contribution in [-0.4, -0.2) is 26.4 Å². The van der Waals surface area contributed by atoms with Gasteiger partial charge in [-0.15, -0.1) is 0 Å². The second-order valence-corrected chi connectivity index (χ2v) is 8.29. The van der Waals surface area contributed by atoms with Crippen LogP contribution >= 0.6 is 11.3 Å². The minimum atomic E-state index is -0.255.